The Balaban J connectivity index is 1.37. The number of hydrogen-bond acceptors (Lipinski definition) is 6. The Labute approximate surface area is 206 Å². The first kappa shape index (κ1) is 23.5. The minimum Gasteiger partial charge on any atom is -0.332 e. The van der Waals surface area contributed by atoms with Crippen LogP contribution in [-0.2, 0) is 5.41 Å². The normalized spacial score (nSPS) is 11.1. The Morgan fingerprint density at radius 2 is 1.44 bits per heavy atom. The van der Waals surface area contributed by atoms with Gasteiger partial charge < -0.3 is 10.6 Å². The summed E-state index contributed by atoms with van der Waals surface area (Å²) in [5, 5.41) is 8.66. The van der Waals surface area contributed by atoms with Crippen LogP contribution in [0.1, 0.15) is 47.1 Å². The van der Waals surface area contributed by atoms with Crippen molar-refractivity contribution in [2.75, 3.05) is 10.6 Å². The molecule has 0 radical (unpaired) electrons. The first-order valence-corrected chi connectivity index (χ1v) is 11.7. The average Bonchev–Trinajstić information content (AvgIpc) is 3.26. The number of anilines is 2. The second kappa shape index (κ2) is 9.66. The molecule has 0 atom stereocenters. The van der Waals surface area contributed by atoms with E-state index in [1.165, 1.54) is 0 Å². The van der Waals surface area contributed by atoms with Crippen LogP contribution in [0.4, 0.5) is 11.4 Å². The molecule has 7 nitrogen and oxygen atoms in total. The monoisotopic (exact) mass is 489 g/mol. The summed E-state index contributed by atoms with van der Waals surface area (Å²) < 4.78 is 8.27. The van der Waals surface area contributed by atoms with Crippen LogP contribution < -0.4 is 16.0 Å². The van der Waals surface area contributed by atoms with E-state index in [0.29, 0.717) is 28.0 Å². The fourth-order valence-electron chi connectivity index (χ4n) is 3.26. The summed E-state index contributed by atoms with van der Waals surface area (Å²) in [5.41, 5.74) is 4.82. The van der Waals surface area contributed by atoms with Crippen molar-refractivity contribution in [3.8, 4) is 0 Å². The molecule has 3 N–H and O–H groups in total. The van der Waals surface area contributed by atoms with E-state index in [4.69, 9.17) is 12.2 Å². The molecule has 0 aliphatic rings. The molecule has 172 valence electrons. The van der Waals surface area contributed by atoms with E-state index < -0.39 is 0 Å². The summed E-state index contributed by atoms with van der Waals surface area (Å²) in [7, 11) is 0. The minimum atomic E-state index is -0.351. The van der Waals surface area contributed by atoms with E-state index in [2.05, 4.69) is 45.5 Å². The van der Waals surface area contributed by atoms with Crippen LogP contribution in [-0.4, -0.2) is 25.7 Å². The number of rotatable bonds is 4. The summed E-state index contributed by atoms with van der Waals surface area (Å²) in [6.07, 6.45) is 0. The highest BCUT2D eigenvalue weighted by Crippen LogP contribution is 2.23. The second-order valence-electron chi connectivity index (χ2n) is 8.74. The molecule has 1 heterocycles. The van der Waals surface area contributed by atoms with Crippen molar-refractivity contribution in [3.63, 3.8) is 0 Å². The van der Waals surface area contributed by atoms with Crippen molar-refractivity contribution in [2.24, 2.45) is 0 Å². The SMILES string of the molecule is CC(C)(C)c1ccc(C(=O)Nc2cccc(NC(=S)NC(=O)c3ccc4nsnc4c3)c2)cc1. The van der Waals surface area contributed by atoms with Gasteiger partial charge in [-0.2, -0.15) is 8.75 Å². The Morgan fingerprint density at radius 1 is 0.794 bits per heavy atom. The third-order valence-corrected chi connectivity index (χ3v) is 5.90. The third kappa shape index (κ3) is 5.62. The zero-order chi connectivity index (χ0) is 24.3. The van der Waals surface area contributed by atoms with Gasteiger partial charge in [-0.3, -0.25) is 14.9 Å². The fourth-order valence-corrected chi connectivity index (χ4v) is 3.99. The predicted octanol–water partition coefficient (Wildman–Crippen LogP) is 5.37. The number of nitrogens with one attached hydrogen (secondary N) is 3. The van der Waals surface area contributed by atoms with Gasteiger partial charge >= 0.3 is 0 Å². The molecule has 4 rings (SSSR count). The van der Waals surface area contributed by atoms with Crippen LogP contribution in [0.3, 0.4) is 0 Å². The Bertz CT molecular complexity index is 1370. The van der Waals surface area contributed by atoms with Crippen LogP contribution in [0.2, 0.25) is 0 Å². The Morgan fingerprint density at radius 3 is 2.15 bits per heavy atom. The summed E-state index contributed by atoms with van der Waals surface area (Å²) in [4.78, 5) is 25.2. The van der Waals surface area contributed by atoms with Gasteiger partial charge in [-0.25, -0.2) is 0 Å². The van der Waals surface area contributed by atoms with Gasteiger partial charge in [-0.15, -0.1) is 0 Å². The van der Waals surface area contributed by atoms with Gasteiger partial charge in [0.2, 0.25) is 0 Å². The maximum absolute atomic E-state index is 12.7. The van der Waals surface area contributed by atoms with Crippen molar-refractivity contribution < 1.29 is 9.59 Å². The quantitative estimate of drug-likeness (QED) is 0.334. The van der Waals surface area contributed by atoms with E-state index in [1.54, 1.807) is 42.5 Å². The zero-order valence-corrected chi connectivity index (χ0v) is 20.5. The van der Waals surface area contributed by atoms with E-state index in [-0.39, 0.29) is 22.3 Å². The van der Waals surface area contributed by atoms with E-state index in [1.807, 2.05) is 24.3 Å². The van der Waals surface area contributed by atoms with Gasteiger partial charge in [0.25, 0.3) is 11.8 Å². The molecule has 0 fully saturated rings. The zero-order valence-electron chi connectivity index (χ0n) is 18.9. The molecular formula is C25H23N5O2S2. The van der Waals surface area contributed by atoms with Crippen LogP contribution in [0.15, 0.2) is 66.7 Å². The van der Waals surface area contributed by atoms with Crippen molar-refractivity contribution in [1.29, 1.82) is 0 Å². The Hall–Kier alpha value is -3.69. The highest BCUT2D eigenvalue weighted by Gasteiger charge is 2.15. The average molecular weight is 490 g/mol. The highest BCUT2D eigenvalue weighted by molar-refractivity contribution is 7.80. The molecule has 0 unspecified atom stereocenters. The molecule has 0 bridgehead atoms. The number of carbonyl (C=O) groups is 2. The second-order valence-corrected chi connectivity index (χ2v) is 9.67. The van der Waals surface area contributed by atoms with Crippen molar-refractivity contribution in [1.82, 2.24) is 14.1 Å². The first-order valence-electron chi connectivity index (χ1n) is 10.6. The standard InChI is InChI=1S/C25H23N5O2S2/c1-25(2,3)17-10-7-15(8-11-17)22(31)26-18-5-4-6-19(14-18)27-24(33)28-23(32)16-9-12-20-21(13-16)30-34-29-20/h4-14H,1-3H3,(H,26,31)(H2,27,28,32,33). The summed E-state index contributed by atoms with van der Waals surface area (Å²) in [6.45, 7) is 6.39. The summed E-state index contributed by atoms with van der Waals surface area (Å²) in [5.74, 6) is -0.559. The number of thiocarbonyl (C=S) groups is 1. The lowest BCUT2D eigenvalue weighted by atomic mass is 9.87. The number of amides is 2. The molecule has 0 saturated carbocycles. The lowest BCUT2D eigenvalue weighted by molar-refractivity contribution is 0.0976. The van der Waals surface area contributed by atoms with Gasteiger partial charge in [0.15, 0.2) is 5.11 Å². The van der Waals surface area contributed by atoms with Gasteiger partial charge in [0, 0.05) is 22.5 Å². The maximum atomic E-state index is 12.7. The Kier molecular flexibility index (Phi) is 6.67. The molecule has 1 aromatic heterocycles. The first-order chi connectivity index (χ1) is 16.2. The van der Waals surface area contributed by atoms with Gasteiger partial charge in [0.1, 0.15) is 11.0 Å². The maximum Gasteiger partial charge on any atom is 0.257 e. The summed E-state index contributed by atoms with van der Waals surface area (Å²) >= 11 is 6.38. The van der Waals surface area contributed by atoms with Crippen molar-refractivity contribution in [3.05, 3.63) is 83.4 Å². The molecule has 0 aliphatic carbocycles. The molecule has 0 spiro atoms. The molecule has 0 saturated heterocycles. The number of hydrogen-bond donors (Lipinski definition) is 3. The molecule has 3 aromatic carbocycles. The molecule has 0 aliphatic heterocycles. The largest absolute Gasteiger partial charge is 0.332 e. The van der Waals surface area contributed by atoms with Crippen LogP contribution in [0.25, 0.3) is 11.0 Å². The van der Waals surface area contributed by atoms with E-state index in [9.17, 15) is 9.59 Å². The number of fused-ring (bicyclic) bond motifs is 1. The molecule has 4 aromatic rings. The fraction of sp³-hybridized carbons (Fsp3) is 0.160. The molecule has 2 amide bonds. The van der Waals surface area contributed by atoms with Gasteiger partial charge in [-0.1, -0.05) is 39.0 Å². The number of benzene rings is 3. The molecular weight excluding hydrogens is 466 g/mol. The van der Waals surface area contributed by atoms with E-state index >= 15 is 0 Å². The lowest BCUT2D eigenvalue weighted by Crippen LogP contribution is -2.34. The van der Waals surface area contributed by atoms with Gasteiger partial charge in [0.05, 0.1) is 11.7 Å². The summed E-state index contributed by atoms with van der Waals surface area (Å²) in [6, 6.07) is 19.8. The van der Waals surface area contributed by atoms with Crippen LogP contribution >= 0.6 is 23.9 Å². The third-order valence-electron chi connectivity index (χ3n) is 5.13. The van der Waals surface area contributed by atoms with Crippen LogP contribution in [0, 0.1) is 0 Å². The van der Waals surface area contributed by atoms with Crippen molar-refractivity contribution >= 4 is 63.3 Å². The number of carbonyl (C=O) groups excluding carboxylic acids is 2. The minimum absolute atomic E-state index is 0.0214. The molecule has 9 heteroatoms. The lowest BCUT2D eigenvalue weighted by Gasteiger charge is -2.19. The predicted molar refractivity (Wildman–Crippen MR) is 141 cm³/mol. The topological polar surface area (TPSA) is 96.0 Å². The molecule has 34 heavy (non-hydrogen) atoms. The van der Waals surface area contributed by atoms with Crippen LogP contribution in [0.5, 0.6) is 0 Å². The number of nitrogens with zero attached hydrogens (tertiary/aromatic N) is 2. The van der Waals surface area contributed by atoms with Crippen molar-refractivity contribution in [2.45, 2.75) is 26.2 Å². The smallest absolute Gasteiger partial charge is 0.257 e. The van der Waals surface area contributed by atoms with Gasteiger partial charge in [-0.05, 0) is 71.7 Å². The number of aromatic nitrogens is 2. The van der Waals surface area contributed by atoms with E-state index in [0.717, 1.165) is 22.8 Å². The highest BCUT2D eigenvalue weighted by atomic mass is 32.1.